The monoisotopic (exact) mass is 433 g/mol. The molecule has 32 heavy (non-hydrogen) atoms. The molecule has 1 unspecified atom stereocenters. The Hall–Kier alpha value is -4.14. The predicted octanol–water partition coefficient (Wildman–Crippen LogP) is 3.82. The molecule has 2 N–H and O–H groups in total. The van der Waals surface area contributed by atoms with Gasteiger partial charge in [0.15, 0.2) is 5.82 Å². The van der Waals surface area contributed by atoms with Crippen LogP contribution in [0.5, 0.6) is 5.75 Å². The van der Waals surface area contributed by atoms with Crippen molar-refractivity contribution in [2.75, 3.05) is 29.3 Å². The summed E-state index contributed by atoms with van der Waals surface area (Å²) in [7, 11) is 3.18. The van der Waals surface area contributed by atoms with Crippen molar-refractivity contribution in [3.05, 3.63) is 60.3 Å². The number of carbonyl (C=O) groups excluding carboxylic acids is 1. The van der Waals surface area contributed by atoms with E-state index in [9.17, 15) is 14.7 Å². The predicted molar refractivity (Wildman–Crippen MR) is 121 cm³/mol. The minimum absolute atomic E-state index is 0.0286. The lowest BCUT2D eigenvalue weighted by Gasteiger charge is -2.40. The van der Waals surface area contributed by atoms with Crippen molar-refractivity contribution < 1.29 is 19.4 Å². The fourth-order valence-corrected chi connectivity index (χ4v) is 3.74. The average Bonchev–Trinajstić information content (AvgIpc) is 2.81. The summed E-state index contributed by atoms with van der Waals surface area (Å²) in [6.45, 7) is 1.96. The summed E-state index contributed by atoms with van der Waals surface area (Å²) in [6, 6.07) is 13.7. The Labute approximate surface area is 185 Å². The zero-order valence-electron chi connectivity index (χ0n) is 17.9. The van der Waals surface area contributed by atoms with Gasteiger partial charge in [-0.3, -0.25) is 4.79 Å². The molecule has 0 saturated carbocycles. The number of carboxylic acids is 1. The highest BCUT2D eigenvalue weighted by Gasteiger charge is 2.38. The van der Waals surface area contributed by atoms with Crippen LogP contribution in [0.1, 0.15) is 23.7 Å². The van der Waals surface area contributed by atoms with Crippen molar-refractivity contribution in [3.8, 4) is 5.75 Å². The molecule has 1 aliphatic rings. The topological polar surface area (TPSA) is 108 Å². The molecule has 9 nitrogen and oxygen atoms in total. The number of nitrogens with one attached hydrogen (secondary N) is 1. The molecule has 0 saturated heterocycles. The number of aromatic carboxylic acids is 1. The van der Waals surface area contributed by atoms with E-state index >= 15 is 0 Å². The van der Waals surface area contributed by atoms with Crippen molar-refractivity contribution in [2.24, 2.45) is 0 Å². The van der Waals surface area contributed by atoms with E-state index in [4.69, 9.17) is 9.72 Å². The van der Waals surface area contributed by atoms with Gasteiger partial charge in [-0.25, -0.2) is 9.78 Å². The van der Waals surface area contributed by atoms with Crippen LogP contribution in [0, 0.1) is 0 Å². The van der Waals surface area contributed by atoms with E-state index in [2.05, 4.69) is 10.3 Å². The minimum atomic E-state index is -1.04. The Kier molecular flexibility index (Phi) is 5.63. The first kappa shape index (κ1) is 21.1. The highest BCUT2D eigenvalue weighted by atomic mass is 16.5. The number of para-hydroxylation sites is 1. The van der Waals surface area contributed by atoms with Gasteiger partial charge in [0.05, 0.1) is 24.6 Å². The van der Waals surface area contributed by atoms with Gasteiger partial charge in [-0.1, -0.05) is 25.1 Å². The third kappa shape index (κ3) is 3.68. The van der Waals surface area contributed by atoms with Crippen molar-refractivity contribution in [1.82, 2.24) is 9.97 Å². The van der Waals surface area contributed by atoms with E-state index in [-0.39, 0.29) is 11.5 Å². The number of fused-ring (bicyclic) bond motifs is 1. The molecule has 0 aliphatic carbocycles. The summed E-state index contributed by atoms with van der Waals surface area (Å²) in [5.41, 5.74) is 2.09. The van der Waals surface area contributed by atoms with Crippen LogP contribution >= 0.6 is 0 Å². The molecule has 1 aromatic heterocycles. The van der Waals surface area contributed by atoms with Crippen LogP contribution in [0.2, 0.25) is 0 Å². The number of anilines is 5. The molecule has 2 aromatic carbocycles. The van der Waals surface area contributed by atoms with Gasteiger partial charge in [0.25, 0.3) is 0 Å². The Morgan fingerprint density at radius 2 is 1.97 bits per heavy atom. The molecule has 0 bridgehead atoms. The summed E-state index contributed by atoms with van der Waals surface area (Å²) in [5, 5.41) is 12.3. The van der Waals surface area contributed by atoms with E-state index < -0.39 is 12.0 Å². The van der Waals surface area contributed by atoms with E-state index in [0.717, 1.165) is 5.69 Å². The van der Waals surface area contributed by atoms with E-state index in [0.29, 0.717) is 35.3 Å². The molecule has 164 valence electrons. The van der Waals surface area contributed by atoms with Gasteiger partial charge in [-0.15, -0.1) is 0 Å². The van der Waals surface area contributed by atoms with Crippen molar-refractivity contribution >= 4 is 40.7 Å². The quantitative estimate of drug-likeness (QED) is 0.604. The summed E-state index contributed by atoms with van der Waals surface area (Å²) >= 11 is 0. The minimum Gasteiger partial charge on any atom is -0.495 e. The van der Waals surface area contributed by atoms with Gasteiger partial charge in [-0.2, -0.15) is 4.98 Å². The SMILES string of the molecule is CCC1C(=O)N(C)c2cnc(Nc3ccc(C(=O)O)cc3OC)nc2N1c1ccccc1. The lowest BCUT2D eigenvalue weighted by Crippen LogP contribution is -2.50. The van der Waals surface area contributed by atoms with Crippen LogP contribution < -0.4 is 19.9 Å². The zero-order valence-corrected chi connectivity index (χ0v) is 17.9. The lowest BCUT2D eigenvalue weighted by atomic mass is 10.1. The number of likely N-dealkylation sites (N-methyl/N-ethyl adjacent to an activating group) is 1. The number of carboxylic acid groups (broad SMARTS) is 1. The number of ether oxygens (including phenoxy) is 1. The van der Waals surface area contributed by atoms with Crippen LogP contribution in [-0.2, 0) is 4.79 Å². The molecule has 0 radical (unpaired) electrons. The highest BCUT2D eigenvalue weighted by molar-refractivity contribution is 6.06. The van der Waals surface area contributed by atoms with Crippen LogP contribution in [0.4, 0.5) is 28.8 Å². The number of aromatic nitrogens is 2. The van der Waals surface area contributed by atoms with E-state index in [1.807, 2.05) is 42.2 Å². The largest absolute Gasteiger partial charge is 0.495 e. The number of rotatable bonds is 6. The third-order valence-electron chi connectivity index (χ3n) is 5.38. The first-order valence-electron chi connectivity index (χ1n) is 10.1. The van der Waals surface area contributed by atoms with Crippen LogP contribution in [-0.4, -0.2) is 47.2 Å². The lowest BCUT2D eigenvalue weighted by molar-refractivity contribution is -0.119. The van der Waals surface area contributed by atoms with E-state index in [1.54, 1.807) is 24.2 Å². The number of carbonyl (C=O) groups is 2. The molecular formula is C23H23N5O4. The third-order valence-corrected chi connectivity index (χ3v) is 5.38. The smallest absolute Gasteiger partial charge is 0.335 e. The Morgan fingerprint density at radius 1 is 1.22 bits per heavy atom. The first-order chi connectivity index (χ1) is 15.4. The summed E-state index contributed by atoms with van der Waals surface area (Å²) < 4.78 is 5.33. The maximum Gasteiger partial charge on any atom is 0.335 e. The fraction of sp³-hybridized carbons (Fsp3) is 0.217. The second kappa shape index (κ2) is 8.54. The molecular weight excluding hydrogens is 410 g/mol. The second-order valence-electron chi connectivity index (χ2n) is 7.27. The zero-order chi connectivity index (χ0) is 22.8. The average molecular weight is 433 g/mol. The Morgan fingerprint density at radius 3 is 2.62 bits per heavy atom. The molecule has 2 heterocycles. The number of amides is 1. The molecule has 0 fully saturated rings. The standard InChI is InChI=1S/C23H23N5O4/c1-4-17-21(29)27(2)18-13-24-23(26-20(18)28(17)15-8-6-5-7-9-15)25-16-11-10-14(22(30)31)12-19(16)32-3/h5-13,17H,4H2,1-3H3,(H,30,31)(H,24,25,26). The molecule has 0 spiro atoms. The van der Waals surface area contributed by atoms with Crippen LogP contribution in [0.15, 0.2) is 54.7 Å². The fourth-order valence-electron chi connectivity index (χ4n) is 3.74. The van der Waals surface area contributed by atoms with Crippen LogP contribution in [0.25, 0.3) is 0 Å². The molecule has 1 atom stereocenters. The molecule has 9 heteroatoms. The maximum atomic E-state index is 13.0. The van der Waals surface area contributed by atoms with Gasteiger partial charge in [-0.05, 0) is 36.8 Å². The molecule has 4 rings (SSSR count). The molecule has 1 aliphatic heterocycles. The number of hydrogen-bond donors (Lipinski definition) is 2. The highest BCUT2D eigenvalue weighted by Crippen LogP contribution is 2.40. The van der Waals surface area contributed by atoms with Crippen molar-refractivity contribution in [3.63, 3.8) is 0 Å². The summed E-state index contributed by atoms with van der Waals surface area (Å²) in [5.74, 6) is 0.174. The number of benzene rings is 2. The van der Waals surface area contributed by atoms with Crippen molar-refractivity contribution in [2.45, 2.75) is 19.4 Å². The number of methoxy groups -OCH3 is 1. The molecule has 1 amide bonds. The first-order valence-corrected chi connectivity index (χ1v) is 10.1. The number of nitrogens with zero attached hydrogens (tertiary/aromatic N) is 4. The Bertz CT molecular complexity index is 1170. The van der Waals surface area contributed by atoms with Gasteiger partial charge < -0.3 is 25.0 Å². The van der Waals surface area contributed by atoms with Crippen LogP contribution in [0.3, 0.4) is 0 Å². The summed E-state index contributed by atoms with van der Waals surface area (Å²) in [6.07, 6.45) is 2.21. The normalized spacial score (nSPS) is 15.3. The molecule has 3 aromatic rings. The van der Waals surface area contributed by atoms with Gasteiger partial charge in [0, 0.05) is 12.7 Å². The number of hydrogen-bond acceptors (Lipinski definition) is 7. The summed E-state index contributed by atoms with van der Waals surface area (Å²) in [4.78, 5) is 36.8. The second-order valence-corrected chi connectivity index (χ2v) is 7.27. The van der Waals surface area contributed by atoms with E-state index in [1.165, 1.54) is 19.2 Å². The maximum absolute atomic E-state index is 13.0. The van der Waals surface area contributed by atoms with Crippen molar-refractivity contribution in [1.29, 1.82) is 0 Å². The van der Waals surface area contributed by atoms with Gasteiger partial charge in [0.1, 0.15) is 17.5 Å². The Balaban J connectivity index is 1.78. The van der Waals surface area contributed by atoms with Gasteiger partial charge >= 0.3 is 5.97 Å². The van der Waals surface area contributed by atoms with Gasteiger partial charge in [0.2, 0.25) is 11.9 Å².